The summed E-state index contributed by atoms with van der Waals surface area (Å²) in [5.74, 6) is 0.580. The van der Waals surface area contributed by atoms with E-state index in [4.69, 9.17) is 29.2 Å². The fourth-order valence-corrected chi connectivity index (χ4v) is 6.60. The number of para-hydroxylation sites is 1. The summed E-state index contributed by atoms with van der Waals surface area (Å²) in [6.45, 7) is 11.7. The summed E-state index contributed by atoms with van der Waals surface area (Å²) in [5, 5.41) is 3.64. The van der Waals surface area contributed by atoms with Gasteiger partial charge in [-0.2, -0.15) is 5.09 Å². The van der Waals surface area contributed by atoms with Gasteiger partial charge < -0.3 is 24.3 Å². The van der Waals surface area contributed by atoms with E-state index in [0.29, 0.717) is 30.2 Å². The van der Waals surface area contributed by atoms with Crippen LogP contribution in [-0.2, 0) is 35.5 Å². The Morgan fingerprint density at radius 3 is 2.59 bits per heavy atom. The molecule has 0 saturated carbocycles. The van der Waals surface area contributed by atoms with Gasteiger partial charge in [0.15, 0.2) is 5.82 Å². The molecule has 0 amide bonds. The number of carbonyl (C=O) groups is 1. The summed E-state index contributed by atoms with van der Waals surface area (Å²) < 4.78 is 39.8. The van der Waals surface area contributed by atoms with Crippen LogP contribution >= 0.6 is 7.75 Å². The first kappa shape index (κ1) is 33.3. The molecule has 4 rings (SSSR count). The van der Waals surface area contributed by atoms with Gasteiger partial charge in [-0.05, 0) is 59.2 Å². The molecule has 1 aromatic carbocycles. The van der Waals surface area contributed by atoms with Gasteiger partial charge in [0.05, 0.1) is 35.5 Å². The van der Waals surface area contributed by atoms with Crippen molar-refractivity contribution in [2.24, 2.45) is 0 Å². The van der Waals surface area contributed by atoms with Crippen molar-refractivity contribution in [1.82, 2.24) is 24.6 Å². The second-order valence-electron chi connectivity index (χ2n) is 11.2. The SMILES string of the molecule is CCCCC(C)(CO[P@](=O)(N[C@@H](C)C(=O)OC(C)C)Oc1cccnc1)n1c(COCC)nc2c(N)nc3ccccc3c21. The van der Waals surface area contributed by atoms with Crippen molar-refractivity contribution >= 4 is 41.5 Å². The second-order valence-corrected chi connectivity index (χ2v) is 12.9. The minimum absolute atomic E-state index is 0.0649. The van der Waals surface area contributed by atoms with Crippen molar-refractivity contribution in [3.63, 3.8) is 0 Å². The number of pyridine rings is 2. The highest BCUT2D eigenvalue weighted by atomic mass is 31.2. The number of fused-ring (bicyclic) bond motifs is 3. The van der Waals surface area contributed by atoms with Crippen LogP contribution in [0.5, 0.6) is 5.75 Å². The van der Waals surface area contributed by atoms with Crippen LogP contribution in [0.4, 0.5) is 5.82 Å². The van der Waals surface area contributed by atoms with Crippen LogP contribution in [0.3, 0.4) is 0 Å². The number of benzene rings is 1. The normalized spacial score (nSPS) is 15.2. The summed E-state index contributed by atoms with van der Waals surface area (Å²) in [7, 11) is -4.17. The molecule has 0 fully saturated rings. The third kappa shape index (κ3) is 7.74. The molecule has 0 radical (unpaired) electrons. The first-order chi connectivity index (χ1) is 21.0. The molecule has 44 heavy (non-hydrogen) atoms. The largest absolute Gasteiger partial charge is 0.462 e. The van der Waals surface area contributed by atoms with Crippen molar-refractivity contribution in [2.45, 2.75) is 85.1 Å². The molecule has 4 aromatic rings. The Bertz CT molecular complexity index is 1610. The maximum atomic E-state index is 14.4. The van der Waals surface area contributed by atoms with Crippen LogP contribution in [0.1, 0.15) is 66.6 Å². The van der Waals surface area contributed by atoms with Gasteiger partial charge in [-0.1, -0.05) is 38.0 Å². The van der Waals surface area contributed by atoms with Crippen molar-refractivity contribution in [1.29, 1.82) is 0 Å². The lowest BCUT2D eigenvalue weighted by Gasteiger charge is -2.35. The van der Waals surface area contributed by atoms with Crippen molar-refractivity contribution in [3.8, 4) is 5.75 Å². The highest BCUT2D eigenvalue weighted by molar-refractivity contribution is 7.52. The van der Waals surface area contributed by atoms with E-state index in [2.05, 4.69) is 26.5 Å². The molecule has 1 unspecified atom stereocenters. The maximum Gasteiger partial charge on any atom is 0.459 e. The molecule has 3 N–H and O–H groups in total. The molecule has 3 heterocycles. The van der Waals surface area contributed by atoms with Gasteiger partial charge in [-0.15, -0.1) is 0 Å². The smallest absolute Gasteiger partial charge is 0.459 e. The van der Waals surface area contributed by atoms with Gasteiger partial charge in [-0.25, -0.2) is 14.5 Å². The van der Waals surface area contributed by atoms with Gasteiger partial charge in [0.25, 0.3) is 0 Å². The molecule has 13 heteroatoms. The number of esters is 1. The van der Waals surface area contributed by atoms with Crippen LogP contribution in [0.15, 0.2) is 48.8 Å². The van der Waals surface area contributed by atoms with Crippen molar-refractivity contribution in [2.75, 3.05) is 18.9 Å². The predicted octanol–water partition coefficient (Wildman–Crippen LogP) is 6.14. The minimum Gasteiger partial charge on any atom is -0.462 e. The van der Waals surface area contributed by atoms with Crippen molar-refractivity contribution < 1.29 is 27.9 Å². The predicted molar refractivity (Wildman–Crippen MR) is 170 cm³/mol. The summed E-state index contributed by atoms with van der Waals surface area (Å²) in [5.41, 5.74) is 7.71. The second kappa shape index (κ2) is 14.5. The Hall–Kier alpha value is -3.57. The van der Waals surface area contributed by atoms with Crippen LogP contribution in [0.25, 0.3) is 21.9 Å². The van der Waals surface area contributed by atoms with Crippen LogP contribution < -0.4 is 15.3 Å². The third-order valence-electron chi connectivity index (χ3n) is 7.10. The van der Waals surface area contributed by atoms with Gasteiger partial charge >= 0.3 is 13.7 Å². The highest BCUT2D eigenvalue weighted by Crippen LogP contribution is 2.47. The summed E-state index contributed by atoms with van der Waals surface area (Å²) in [6, 6.07) is 10.0. The van der Waals surface area contributed by atoms with E-state index in [-0.39, 0.29) is 25.1 Å². The van der Waals surface area contributed by atoms with Crippen LogP contribution in [0, 0.1) is 0 Å². The molecule has 3 aromatic heterocycles. The average molecular weight is 627 g/mol. The molecule has 238 valence electrons. The minimum atomic E-state index is -4.17. The van der Waals surface area contributed by atoms with Crippen LogP contribution in [-0.4, -0.2) is 50.8 Å². The number of unbranched alkanes of at least 4 members (excludes halogenated alkanes) is 1. The Kier molecular flexibility index (Phi) is 11.0. The first-order valence-corrected chi connectivity index (χ1v) is 16.5. The van der Waals surface area contributed by atoms with Gasteiger partial charge in [0.1, 0.15) is 29.7 Å². The number of nitrogens with zero attached hydrogens (tertiary/aromatic N) is 4. The van der Waals surface area contributed by atoms with E-state index in [0.717, 1.165) is 29.3 Å². The quantitative estimate of drug-likeness (QED) is 0.109. The summed E-state index contributed by atoms with van der Waals surface area (Å²) in [6.07, 6.45) is 5.04. The number of nitrogen functional groups attached to an aromatic ring is 1. The molecule has 0 aliphatic heterocycles. The summed E-state index contributed by atoms with van der Waals surface area (Å²) >= 11 is 0. The standard InChI is InChI=1S/C31H43N6O6P/c1-7-9-16-31(6,20-41-44(39,43-23-13-12-17-33-18-23)36-22(5)30(38)42-21(3)4)37-26(19-40-8-2)35-27-28(37)24-14-10-11-15-25(24)34-29(27)32/h10-15,17-18,21-22H,7-9,16,19-20H2,1-6H3,(H2,32,34)(H,36,39)/t22-,31?,44+/m0/s1. The molecular weight excluding hydrogens is 583 g/mol. The number of nitrogens with two attached hydrogens (primary N) is 1. The number of hydrogen-bond donors (Lipinski definition) is 2. The lowest BCUT2D eigenvalue weighted by molar-refractivity contribution is -0.149. The van der Waals surface area contributed by atoms with Crippen molar-refractivity contribution in [3.05, 3.63) is 54.6 Å². The lowest BCUT2D eigenvalue weighted by atomic mass is 9.94. The Morgan fingerprint density at radius 1 is 1.14 bits per heavy atom. The molecular formula is C31H43N6O6P. The summed E-state index contributed by atoms with van der Waals surface area (Å²) in [4.78, 5) is 26.2. The highest BCUT2D eigenvalue weighted by Gasteiger charge is 2.39. The number of carbonyl (C=O) groups excluding carboxylic acids is 1. The molecule has 0 aliphatic rings. The number of nitrogens with one attached hydrogen (secondary N) is 1. The number of aromatic nitrogens is 4. The van der Waals surface area contributed by atoms with E-state index in [1.165, 1.54) is 6.20 Å². The number of hydrogen-bond acceptors (Lipinski definition) is 10. The third-order valence-corrected chi connectivity index (χ3v) is 8.72. The first-order valence-electron chi connectivity index (χ1n) is 15.0. The van der Waals surface area contributed by atoms with E-state index in [9.17, 15) is 9.36 Å². The number of rotatable bonds is 16. The number of anilines is 1. The topological polar surface area (TPSA) is 153 Å². The zero-order valence-corrected chi connectivity index (χ0v) is 27.2. The van der Waals surface area contributed by atoms with E-state index >= 15 is 0 Å². The molecule has 0 spiro atoms. The van der Waals surface area contributed by atoms with Crippen LogP contribution in [0.2, 0.25) is 0 Å². The molecule has 0 bridgehead atoms. The molecule has 0 saturated heterocycles. The molecule has 12 nitrogen and oxygen atoms in total. The van der Waals surface area contributed by atoms with Gasteiger partial charge in [0, 0.05) is 18.2 Å². The Balaban J connectivity index is 1.81. The number of ether oxygens (including phenoxy) is 2. The number of imidazole rings is 1. The van der Waals surface area contributed by atoms with E-state index in [1.54, 1.807) is 39.1 Å². The zero-order valence-electron chi connectivity index (χ0n) is 26.3. The van der Waals surface area contributed by atoms with Gasteiger partial charge in [-0.3, -0.25) is 14.3 Å². The van der Waals surface area contributed by atoms with Gasteiger partial charge in [0.2, 0.25) is 0 Å². The van der Waals surface area contributed by atoms with E-state index in [1.807, 2.05) is 38.1 Å². The Morgan fingerprint density at radius 2 is 1.91 bits per heavy atom. The molecule has 3 atom stereocenters. The Labute approximate surface area is 258 Å². The fraction of sp³-hybridized carbons (Fsp3) is 0.484. The maximum absolute atomic E-state index is 14.4. The lowest BCUT2D eigenvalue weighted by Crippen LogP contribution is -2.40. The zero-order chi connectivity index (χ0) is 31.9. The molecule has 0 aliphatic carbocycles. The monoisotopic (exact) mass is 626 g/mol. The average Bonchev–Trinajstić information content (AvgIpc) is 3.39. The van der Waals surface area contributed by atoms with E-state index < -0.39 is 25.3 Å². The fourth-order valence-electron chi connectivity index (χ4n) is 5.00.